The first-order valence-corrected chi connectivity index (χ1v) is 3.47. The second kappa shape index (κ2) is 3.23. The molecule has 0 bridgehead atoms. The van der Waals surface area contributed by atoms with Gasteiger partial charge in [-0.2, -0.15) is 0 Å². The molecule has 0 aromatic rings. The van der Waals surface area contributed by atoms with E-state index in [1.54, 1.807) is 6.20 Å². The van der Waals surface area contributed by atoms with Crippen molar-refractivity contribution >= 4 is 5.97 Å². The van der Waals surface area contributed by atoms with Gasteiger partial charge in [-0.25, -0.2) is 4.79 Å². The summed E-state index contributed by atoms with van der Waals surface area (Å²) in [7, 11) is 1.37. The van der Waals surface area contributed by atoms with E-state index < -0.39 is 0 Å². The summed E-state index contributed by atoms with van der Waals surface area (Å²) >= 11 is 0. The number of carbonyl (C=O) groups excluding carboxylic acids is 1. The average Bonchev–Trinajstić information content (AvgIpc) is 2.50. The maximum atomic E-state index is 11.0. The molecule has 1 aliphatic heterocycles. The third-order valence-electron chi connectivity index (χ3n) is 1.57. The zero-order chi connectivity index (χ0) is 8.27. The number of esters is 1. The molecule has 0 N–H and O–H groups in total. The van der Waals surface area contributed by atoms with Crippen molar-refractivity contribution in [2.75, 3.05) is 7.11 Å². The minimum Gasteiger partial charge on any atom is -0.465 e. The Hall–Kier alpha value is -1.25. The van der Waals surface area contributed by atoms with E-state index in [4.69, 9.17) is 0 Å². The maximum absolute atomic E-state index is 11.0. The van der Waals surface area contributed by atoms with E-state index in [0.717, 1.165) is 12.0 Å². The van der Waals surface area contributed by atoms with E-state index >= 15 is 0 Å². The van der Waals surface area contributed by atoms with E-state index in [0.29, 0.717) is 5.57 Å². The zero-order valence-corrected chi connectivity index (χ0v) is 6.63. The minimum atomic E-state index is -0.306. The zero-order valence-electron chi connectivity index (χ0n) is 6.63. The normalized spacial score (nSPS) is 15.1. The standard InChI is InChI=1S/C8H10NO2/c1-3-6-4-9-5-7(6)8(10)11-2/h4-5H,3H2,1-2H3. The van der Waals surface area contributed by atoms with Gasteiger partial charge in [0.25, 0.3) is 0 Å². The van der Waals surface area contributed by atoms with E-state index in [1.807, 2.05) is 6.92 Å². The molecule has 0 spiro atoms. The lowest BCUT2D eigenvalue weighted by Crippen LogP contribution is -2.04. The molecule has 0 aliphatic carbocycles. The molecule has 0 unspecified atom stereocenters. The van der Waals surface area contributed by atoms with Crippen LogP contribution in [0.5, 0.6) is 0 Å². The van der Waals surface area contributed by atoms with E-state index in [-0.39, 0.29) is 5.97 Å². The molecule has 0 aromatic heterocycles. The van der Waals surface area contributed by atoms with Crippen LogP contribution in [0.15, 0.2) is 23.5 Å². The smallest absolute Gasteiger partial charge is 0.339 e. The molecule has 59 valence electrons. The van der Waals surface area contributed by atoms with Crippen LogP contribution in [-0.4, -0.2) is 13.1 Å². The van der Waals surface area contributed by atoms with E-state index in [1.165, 1.54) is 13.3 Å². The molecule has 1 heterocycles. The fourth-order valence-corrected chi connectivity index (χ4v) is 0.930. The first kappa shape index (κ1) is 7.85. The molecule has 0 amide bonds. The van der Waals surface area contributed by atoms with Gasteiger partial charge in [0.2, 0.25) is 0 Å². The summed E-state index contributed by atoms with van der Waals surface area (Å²) in [6.07, 6.45) is 4.03. The molecular formula is C8H10NO2. The lowest BCUT2D eigenvalue weighted by atomic mass is 10.1. The van der Waals surface area contributed by atoms with Crippen LogP contribution in [0.25, 0.3) is 0 Å². The molecule has 1 aliphatic rings. The molecule has 0 aromatic carbocycles. The topological polar surface area (TPSA) is 40.4 Å². The predicted octanol–water partition coefficient (Wildman–Crippen LogP) is 0.955. The molecule has 3 nitrogen and oxygen atoms in total. The van der Waals surface area contributed by atoms with Gasteiger partial charge in [-0.3, -0.25) is 5.32 Å². The van der Waals surface area contributed by atoms with Crippen molar-refractivity contribution in [2.45, 2.75) is 13.3 Å². The highest BCUT2D eigenvalue weighted by Gasteiger charge is 2.17. The van der Waals surface area contributed by atoms with Gasteiger partial charge in [0.1, 0.15) is 0 Å². The van der Waals surface area contributed by atoms with Gasteiger partial charge in [0.05, 0.1) is 12.7 Å². The van der Waals surface area contributed by atoms with Crippen LogP contribution in [0.4, 0.5) is 0 Å². The highest BCUT2D eigenvalue weighted by molar-refractivity contribution is 5.93. The van der Waals surface area contributed by atoms with Crippen LogP contribution < -0.4 is 5.32 Å². The molecule has 0 saturated carbocycles. The van der Waals surface area contributed by atoms with Crippen LogP contribution in [0.1, 0.15) is 13.3 Å². The summed E-state index contributed by atoms with van der Waals surface area (Å²) in [5, 5.41) is 3.86. The largest absolute Gasteiger partial charge is 0.465 e. The van der Waals surface area contributed by atoms with Crippen molar-refractivity contribution in [3.63, 3.8) is 0 Å². The van der Waals surface area contributed by atoms with Crippen molar-refractivity contribution in [1.82, 2.24) is 5.32 Å². The first-order chi connectivity index (χ1) is 5.29. The molecule has 11 heavy (non-hydrogen) atoms. The van der Waals surface area contributed by atoms with Crippen LogP contribution >= 0.6 is 0 Å². The summed E-state index contributed by atoms with van der Waals surface area (Å²) in [6, 6.07) is 0. The fraction of sp³-hybridized carbons (Fsp3) is 0.375. The Bertz CT molecular complexity index is 228. The van der Waals surface area contributed by atoms with Crippen LogP contribution in [0.2, 0.25) is 0 Å². The number of hydrogen-bond donors (Lipinski definition) is 0. The van der Waals surface area contributed by atoms with Crippen molar-refractivity contribution in [1.29, 1.82) is 0 Å². The summed E-state index contributed by atoms with van der Waals surface area (Å²) in [5.74, 6) is -0.306. The van der Waals surface area contributed by atoms with Crippen molar-refractivity contribution in [3.8, 4) is 0 Å². The quantitative estimate of drug-likeness (QED) is 0.553. The Labute approximate surface area is 65.7 Å². The molecular weight excluding hydrogens is 142 g/mol. The predicted molar refractivity (Wildman–Crippen MR) is 40.6 cm³/mol. The second-order valence-corrected chi connectivity index (χ2v) is 2.19. The van der Waals surface area contributed by atoms with E-state index in [2.05, 4.69) is 10.1 Å². The number of carbonyl (C=O) groups is 1. The average molecular weight is 152 g/mol. The van der Waals surface area contributed by atoms with Gasteiger partial charge in [0, 0.05) is 12.4 Å². The Morgan fingerprint density at radius 2 is 2.36 bits per heavy atom. The summed E-state index contributed by atoms with van der Waals surface area (Å²) in [5.41, 5.74) is 1.52. The van der Waals surface area contributed by atoms with Gasteiger partial charge in [-0.15, -0.1) is 0 Å². The Morgan fingerprint density at radius 3 is 2.91 bits per heavy atom. The lowest BCUT2D eigenvalue weighted by Gasteiger charge is -2.00. The Morgan fingerprint density at radius 1 is 1.64 bits per heavy atom. The fourth-order valence-electron chi connectivity index (χ4n) is 0.930. The number of rotatable bonds is 2. The van der Waals surface area contributed by atoms with Gasteiger partial charge in [0.15, 0.2) is 0 Å². The number of hydrogen-bond acceptors (Lipinski definition) is 2. The third kappa shape index (κ3) is 1.42. The highest BCUT2D eigenvalue weighted by Crippen LogP contribution is 2.18. The number of methoxy groups -OCH3 is 1. The second-order valence-electron chi connectivity index (χ2n) is 2.19. The molecule has 0 saturated heterocycles. The van der Waals surface area contributed by atoms with Crippen molar-refractivity contribution in [3.05, 3.63) is 23.5 Å². The Balaban J connectivity index is 2.74. The summed E-state index contributed by atoms with van der Waals surface area (Å²) in [6.45, 7) is 1.98. The van der Waals surface area contributed by atoms with Crippen molar-refractivity contribution < 1.29 is 9.53 Å². The number of ether oxygens (including phenoxy) is 1. The monoisotopic (exact) mass is 152 g/mol. The first-order valence-electron chi connectivity index (χ1n) is 3.47. The van der Waals surface area contributed by atoms with Gasteiger partial charge < -0.3 is 4.74 Å². The van der Waals surface area contributed by atoms with Crippen LogP contribution in [-0.2, 0) is 9.53 Å². The van der Waals surface area contributed by atoms with E-state index in [9.17, 15) is 4.79 Å². The molecule has 0 atom stereocenters. The number of nitrogens with zero attached hydrogens (tertiary/aromatic N) is 1. The van der Waals surface area contributed by atoms with Crippen LogP contribution in [0, 0.1) is 0 Å². The van der Waals surface area contributed by atoms with Crippen molar-refractivity contribution in [2.24, 2.45) is 0 Å². The molecule has 3 heteroatoms. The molecule has 1 radical (unpaired) electrons. The minimum absolute atomic E-state index is 0.306. The summed E-state index contributed by atoms with van der Waals surface area (Å²) in [4.78, 5) is 11.0. The lowest BCUT2D eigenvalue weighted by molar-refractivity contribution is -0.135. The van der Waals surface area contributed by atoms with Crippen LogP contribution in [0.3, 0.4) is 0 Å². The van der Waals surface area contributed by atoms with Gasteiger partial charge in [-0.1, -0.05) is 6.92 Å². The highest BCUT2D eigenvalue weighted by atomic mass is 16.5. The summed E-state index contributed by atoms with van der Waals surface area (Å²) < 4.78 is 4.56. The Kier molecular flexibility index (Phi) is 2.31. The third-order valence-corrected chi connectivity index (χ3v) is 1.57. The molecule has 1 rings (SSSR count). The molecule has 0 fully saturated rings. The maximum Gasteiger partial charge on any atom is 0.339 e. The SMILES string of the molecule is CCC1=C[N]C=C1C(=O)OC. The van der Waals surface area contributed by atoms with Gasteiger partial charge >= 0.3 is 5.97 Å². The van der Waals surface area contributed by atoms with Gasteiger partial charge in [-0.05, 0) is 12.0 Å².